The molecule has 25 heavy (non-hydrogen) atoms. The van der Waals surface area contributed by atoms with Crippen molar-refractivity contribution >= 4 is 31.7 Å². The van der Waals surface area contributed by atoms with Crippen LogP contribution in [0.4, 0.5) is 0 Å². The fourth-order valence-corrected chi connectivity index (χ4v) is 4.93. The zero-order valence-corrected chi connectivity index (χ0v) is 15.8. The summed E-state index contributed by atoms with van der Waals surface area (Å²) in [6.45, 7) is 0.0607. The van der Waals surface area contributed by atoms with Gasteiger partial charge in [0, 0.05) is 6.04 Å². The van der Waals surface area contributed by atoms with Crippen molar-refractivity contribution in [3.8, 4) is 5.75 Å². The lowest BCUT2D eigenvalue weighted by Gasteiger charge is -2.27. The van der Waals surface area contributed by atoms with Gasteiger partial charge in [0.25, 0.3) is 5.91 Å². The lowest BCUT2D eigenvalue weighted by atomic mass is 10.2. The molecule has 0 spiro atoms. The normalized spacial score (nSPS) is 18.8. The van der Waals surface area contributed by atoms with Crippen molar-refractivity contribution in [2.45, 2.75) is 19.0 Å². The van der Waals surface area contributed by atoms with E-state index in [0.717, 1.165) is 4.47 Å². The SMILES string of the molecule is O=C(COc1ccccc1Br)N(Cc1ccco1)[C@H]1CCS(=O)(=O)C1. The van der Waals surface area contributed by atoms with Gasteiger partial charge in [0.1, 0.15) is 11.5 Å². The zero-order valence-electron chi connectivity index (χ0n) is 13.4. The Hall–Kier alpha value is -1.80. The molecule has 1 aromatic heterocycles. The first-order chi connectivity index (χ1) is 11.9. The second-order valence-corrected chi connectivity index (χ2v) is 8.96. The zero-order chi connectivity index (χ0) is 17.9. The van der Waals surface area contributed by atoms with Crippen molar-refractivity contribution in [2.75, 3.05) is 18.1 Å². The molecule has 1 amide bonds. The molecular weight excluding hydrogens is 410 g/mol. The number of benzene rings is 1. The smallest absolute Gasteiger partial charge is 0.261 e. The number of para-hydroxylation sites is 1. The van der Waals surface area contributed by atoms with E-state index in [1.807, 2.05) is 18.2 Å². The summed E-state index contributed by atoms with van der Waals surface area (Å²) in [5.74, 6) is 0.986. The van der Waals surface area contributed by atoms with Crippen LogP contribution in [0.1, 0.15) is 12.2 Å². The summed E-state index contributed by atoms with van der Waals surface area (Å²) in [7, 11) is -3.10. The maximum absolute atomic E-state index is 12.7. The van der Waals surface area contributed by atoms with Gasteiger partial charge in [0.15, 0.2) is 16.4 Å². The van der Waals surface area contributed by atoms with Crippen LogP contribution in [0.15, 0.2) is 51.6 Å². The maximum atomic E-state index is 12.7. The van der Waals surface area contributed by atoms with Gasteiger partial charge in [-0.05, 0) is 46.6 Å². The number of carbonyl (C=O) groups is 1. The van der Waals surface area contributed by atoms with E-state index in [2.05, 4.69) is 15.9 Å². The van der Waals surface area contributed by atoms with Crippen molar-refractivity contribution in [1.29, 1.82) is 0 Å². The summed E-state index contributed by atoms with van der Waals surface area (Å²) in [6.07, 6.45) is 1.96. The highest BCUT2D eigenvalue weighted by atomic mass is 79.9. The number of ether oxygens (including phenoxy) is 1. The highest BCUT2D eigenvalue weighted by Gasteiger charge is 2.35. The minimum atomic E-state index is -3.10. The highest BCUT2D eigenvalue weighted by molar-refractivity contribution is 9.10. The Morgan fingerprint density at radius 1 is 1.28 bits per heavy atom. The van der Waals surface area contributed by atoms with Gasteiger partial charge in [-0.15, -0.1) is 0 Å². The molecule has 0 unspecified atom stereocenters. The molecule has 134 valence electrons. The number of carbonyl (C=O) groups excluding carboxylic acids is 1. The first-order valence-corrected chi connectivity index (χ1v) is 10.5. The van der Waals surface area contributed by atoms with E-state index in [9.17, 15) is 13.2 Å². The number of hydrogen-bond donors (Lipinski definition) is 0. The van der Waals surface area contributed by atoms with Gasteiger partial charge in [-0.25, -0.2) is 8.42 Å². The van der Waals surface area contributed by atoms with Gasteiger partial charge >= 0.3 is 0 Å². The minimum Gasteiger partial charge on any atom is -0.483 e. The third-order valence-electron chi connectivity index (χ3n) is 4.06. The van der Waals surface area contributed by atoms with Gasteiger partial charge in [-0.1, -0.05) is 12.1 Å². The van der Waals surface area contributed by atoms with Crippen LogP contribution in [0.3, 0.4) is 0 Å². The minimum absolute atomic E-state index is 0.0194. The maximum Gasteiger partial charge on any atom is 0.261 e. The van der Waals surface area contributed by atoms with Gasteiger partial charge in [-0.3, -0.25) is 4.79 Å². The summed E-state index contributed by atoms with van der Waals surface area (Å²) in [6, 6.07) is 10.4. The van der Waals surface area contributed by atoms with Crippen molar-refractivity contribution < 1.29 is 22.4 Å². The molecule has 3 rings (SSSR count). The number of furan rings is 1. The molecule has 0 bridgehead atoms. The largest absolute Gasteiger partial charge is 0.483 e. The summed E-state index contributed by atoms with van der Waals surface area (Å²) in [5.41, 5.74) is 0. The van der Waals surface area contributed by atoms with E-state index in [0.29, 0.717) is 17.9 Å². The molecule has 0 radical (unpaired) electrons. The Labute approximate surface area is 154 Å². The Morgan fingerprint density at radius 3 is 2.72 bits per heavy atom. The van der Waals surface area contributed by atoms with Crippen LogP contribution in [0.5, 0.6) is 5.75 Å². The van der Waals surface area contributed by atoms with Crippen LogP contribution >= 0.6 is 15.9 Å². The van der Waals surface area contributed by atoms with Gasteiger partial charge in [0.2, 0.25) is 0 Å². The van der Waals surface area contributed by atoms with Crippen LogP contribution in [-0.2, 0) is 21.2 Å². The first kappa shape index (κ1) is 18.0. The van der Waals surface area contributed by atoms with Crippen molar-refractivity contribution in [3.05, 3.63) is 52.9 Å². The van der Waals surface area contributed by atoms with Crippen molar-refractivity contribution in [1.82, 2.24) is 4.90 Å². The van der Waals surface area contributed by atoms with E-state index in [1.165, 1.54) is 6.26 Å². The molecule has 1 fully saturated rings. The number of halogens is 1. The summed E-state index contributed by atoms with van der Waals surface area (Å²) < 4.78 is 35.3. The number of sulfone groups is 1. The van der Waals surface area contributed by atoms with Crippen LogP contribution in [-0.4, -0.2) is 43.4 Å². The van der Waals surface area contributed by atoms with Crippen LogP contribution in [0.25, 0.3) is 0 Å². The Morgan fingerprint density at radius 2 is 2.08 bits per heavy atom. The molecule has 1 atom stereocenters. The molecule has 0 saturated carbocycles. The average Bonchev–Trinajstić information content (AvgIpc) is 3.20. The average molecular weight is 428 g/mol. The second kappa shape index (κ2) is 7.61. The van der Waals surface area contributed by atoms with E-state index < -0.39 is 9.84 Å². The summed E-state index contributed by atoms with van der Waals surface area (Å²) in [4.78, 5) is 14.2. The molecule has 1 aliphatic rings. The molecule has 1 aromatic carbocycles. The summed E-state index contributed by atoms with van der Waals surface area (Å²) in [5, 5.41) is 0. The quantitative estimate of drug-likeness (QED) is 0.707. The third-order valence-corrected chi connectivity index (χ3v) is 6.47. The van der Waals surface area contributed by atoms with Gasteiger partial charge < -0.3 is 14.1 Å². The lowest BCUT2D eigenvalue weighted by Crippen LogP contribution is -2.43. The molecule has 8 heteroatoms. The fraction of sp³-hybridized carbons (Fsp3) is 0.353. The van der Waals surface area contributed by atoms with E-state index in [-0.39, 0.29) is 36.6 Å². The highest BCUT2D eigenvalue weighted by Crippen LogP contribution is 2.25. The monoisotopic (exact) mass is 427 g/mol. The predicted octanol–water partition coefficient (Wildman–Crippen LogP) is 2.64. The van der Waals surface area contributed by atoms with Crippen molar-refractivity contribution in [2.24, 2.45) is 0 Å². The van der Waals surface area contributed by atoms with E-state index >= 15 is 0 Å². The Bertz CT molecular complexity index is 834. The lowest BCUT2D eigenvalue weighted by molar-refractivity contribution is -0.136. The van der Waals surface area contributed by atoms with Crippen LogP contribution in [0, 0.1) is 0 Å². The fourth-order valence-electron chi connectivity index (χ4n) is 2.80. The van der Waals surface area contributed by atoms with Crippen LogP contribution in [0.2, 0.25) is 0 Å². The van der Waals surface area contributed by atoms with E-state index in [4.69, 9.17) is 9.15 Å². The Kier molecular flexibility index (Phi) is 5.48. The first-order valence-electron chi connectivity index (χ1n) is 7.84. The molecule has 1 aliphatic heterocycles. The molecule has 6 nitrogen and oxygen atoms in total. The molecular formula is C17H18BrNO5S. The molecule has 2 heterocycles. The topological polar surface area (TPSA) is 76.8 Å². The standard InChI is InChI=1S/C17H18BrNO5S/c18-15-5-1-2-6-16(15)24-11-17(20)19(10-14-4-3-8-23-14)13-7-9-25(21,22)12-13/h1-6,8,13H,7,9-12H2/t13-/m0/s1. The van der Waals surface area contributed by atoms with Gasteiger partial charge in [0.05, 0.1) is 28.8 Å². The number of nitrogens with zero attached hydrogens (tertiary/aromatic N) is 1. The third kappa shape index (κ3) is 4.64. The number of hydrogen-bond acceptors (Lipinski definition) is 5. The molecule has 0 N–H and O–H groups in total. The summed E-state index contributed by atoms with van der Waals surface area (Å²) >= 11 is 3.37. The second-order valence-electron chi connectivity index (χ2n) is 5.88. The van der Waals surface area contributed by atoms with E-state index in [1.54, 1.807) is 23.1 Å². The predicted molar refractivity (Wildman–Crippen MR) is 96.0 cm³/mol. The molecule has 2 aromatic rings. The number of rotatable bonds is 6. The number of amides is 1. The molecule has 1 saturated heterocycles. The molecule has 0 aliphatic carbocycles. The Balaban J connectivity index is 1.71. The van der Waals surface area contributed by atoms with Crippen molar-refractivity contribution in [3.63, 3.8) is 0 Å². The van der Waals surface area contributed by atoms with Gasteiger partial charge in [-0.2, -0.15) is 0 Å². The van der Waals surface area contributed by atoms with Crippen LogP contribution < -0.4 is 4.74 Å².